The van der Waals surface area contributed by atoms with Crippen molar-refractivity contribution >= 4 is 23.9 Å². The van der Waals surface area contributed by atoms with Crippen LogP contribution in [0.2, 0.25) is 0 Å². The maximum atomic E-state index is 13.0. The molecule has 1 aliphatic rings. The molecule has 0 saturated carbocycles. The van der Waals surface area contributed by atoms with Gasteiger partial charge in [0.2, 0.25) is 6.04 Å². The van der Waals surface area contributed by atoms with Gasteiger partial charge in [0, 0.05) is 19.6 Å². The average molecular weight is 485 g/mol. The van der Waals surface area contributed by atoms with E-state index in [9.17, 15) is 19.2 Å². The number of amides is 2. The fourth-order valence-electron chi connectivity index (χ4n) is 4.02. The number of aliphatic carboxylic acids is 1. The Morgan fingerprint density at radius 1 is 1.00 bits per heavy atom. The number of nitrogens with zero attached hydrogens (tertiary/aromatic N) is 1. The summed E-state index contributed by atoms with van der Waals surface area (Å²) in [6.45, 7) is 0.763. The van der Waals surface area contributed by atoms with Gasteiger partial charge in [-0.15, -0.1) is 0 Å². The predicted molar refractivity (Wildman–Crippen MR) is 125 cm³/mol. The normalized spacial score (nSPS) is 12.7. The van der Waals surface area contributed by atoms with Crippen molar-refractivity contribution in [3.8, 4) is 11.1 Å². The van der Waals surface area contributed by atoms with Crippen molar-refractivity contribution in [2.75, 3.05) is 40.0 Å². The van der Waals surface area contributed by atoms with Gasteiger partial charge in [-0.1, -0.05) is 48.5 Å². The first-order valence-electron chi connectivity index (χ1n) is 11.1. The number of nitrogens with one attached hydrogen (secondary N) is 1. The molecule has 2 aromatic carbocycles. The molecule has 0 heterocycles. The second-order valence-electron chi connectivity index (χ2n) is 7.80. The first-order chi connectivity index (χ1) is 16.9. The maximum Gasteiger partial charge on any atom is 0.408 e. The van der Waals surface area contributed by atoms with Gasteiger partial charge in [0.25, 0.3) is 5.91 Å². The highest BCUT2D eigenvalue weighted by Crippen LogP contribution is 2.44. The number of carboxylic acid groups (broad SMARTS) is 1. The highest BCUT2D eigenvalue weighted by atomic mass is 16.6. The molecular weight excluding hydrogens is 456 g/mol. The molecular formula is C25H28N2O8. The number of fused-ring (bicyclic) bond motifs is 3. The van der Waals surface area contributed by atoms with Crippen molar-refractivity contribution in [3.63, 3.8) is 0 Å². The van der Waals surface area contributed by atoms with Crippen LogP contribution in [0.4, 0.5) is 4.79 Å². The van der Waals surface area contributed by atoms with Crippen molar-refractivity contribution in [2.24, 2.45) is 0 Å². The lowest BCUT2D eigenvalue weighted by atomic mass is 9.98. The number of alkyl carbamates (subject to hydrolysis) is 1. The third kappa shape index (κ3) is 6.15. The zero-order valence-electron chi connectivity index (χ0n) is 19.6. The number of hydrogen-bond acceptors (Lipinski definition) is 7. The summed E-state index contributed by atoms with van der Waals surface area (Å²) < 4.78 is 15.3. The number of hydrogen-bond donors (Lipinski definition) is 2. The molecule has 2 N–H and O–H groups in total. The number of carbonyl (C=O) groups excluding carboxylic acids is 3. The minimum absolute atomic E-state index is 0.0217. The van der Waals surface area contributed by atoms with Gasteiger partial charge in [-0.3, -0.25) is 14.9 Å². The third-order valence-electron chi connectivity index (χ3n) is 5.58. The SMILES string of the molecule is CCOC(=O)C(NC(=O)OCC1c2ccccc2-c2ccccc21)C(=O)N(CCOC)CC(=O)O. The first kappa shape index (κ1) is 25.7. The molecule has 10 nitrogen and oxygen atoms in total. The van der Waals surface area contributed by atoms with E-state index in [4.69, 9.17) is 19.3 Å². The van der Waals surface area contributed by atoms with Crippen LogP contribution in [0, 0.1) is 0 Å². The van der Waals surface area contributed by atoms with Crippen LogP contribution in [0.25, 0.3) is 11.1 Å². The average Bonchev–Trinajstić information content (AvgIpc) is 3.17. The Balaban J connectivity index is 1.73. The molecule has 1 aliphatic carbocycles. The number of ether oxygens (including phenoxy) is 3. The van der Waals surface area contributed by atoms with E-state index in [1.165, 1.54) is 7.11 Å². The highest BCUT2D eigenvalue weighted by Gasteiger charge is 2.35. The Labute approximate surface area is 202 Å². The van der Waals surface area contributed by atoms with Crippen LogP contribution < -0.4 is 5.32 Å². The Kier molecular flexibility index (Phi) is 8.80. The smallest absolute Gasteiger partial charge is 0.408 e. The summed E-state index contributed by atoms with van der Waals surface area (Å²) in [4.78, 5) is 50.2. The van der Waals surface area contributed by atoms with Gasteiger partial charge in [-0.25, -0.2) is 9.59 Å². The minimum Gasteiger partial charge on any atom is -0.480 e. The van der Waals surface area contributed by atoms with Gasteiger partial charge >= 0.3 is 18.0 Å². The summed E-state index contributed by atoms with van der Waals surface area (Å²) in [5.41, 5.74) is 4.12. The second kappa shape index (κ2) is 12.0. The van der Waals surface area contributed by atoms with E-state index >= 15 is 0 Å². The summed E-state index contributed by atoms with van der Waals surface area (Å²) in [6.07, 6.45) is -1.000. The lowest BCUT2D eigenvalue weighted by Gasteiger charge is -2.25. The number of carboxylic acids is 1. The number of benzene rings is 2. The van der Waals surface area contributed by atoms with Crippen LogP contribution in [-0.4, -0.2) is 80.0 Å². The molecule has 35 heavy (non-hydrogen) atoms. The number of carbonyl (C=O) groups is 4. The zero-order valence-corrected chi connectivity index (χ0v) is 19.6. The zero-order chi connectivity index (χ0) is 25.4. The molecule has 0 aromatic heterocycles. The number of methoxy groups -OCH3 is 1. The van der Waals surface area contributed by atoms with Crippen molar-refractivity contribution in [3.05, 3.63) is 59.7 Å². The van der Waals surface area contributed by atoms with Crippen LogP contribution in [-0.2, 0) is 28.6 Å². The quantitative estimate of drug-likeness (QED) is 0.366. The van der Waals surface area contributed by atoms with Gasteiger partial charge < -0.3 is 24.2 Å². The molecule has 0 aliphatic heterocycles. The Hall–Kier alpha value is -3.92. The van der Waals surface area contributed by atoms with Crippen LogP contribution in [0.15, 0.2) is 48.5 Å². The van der Waals surface area contributed by atoms with Crippen molar-refractivity contribution in [1.82, 2.24) is 10.2 Å². The van der Waals surface area contributed by atoms with Gasteiger partial charge in [0.1, 0.15) is 13.2 Å². The summed E-state index contributed by atoms with van der Waals surface area (Å²) >= 11 is 0. The molecule has 0 bridgehead atoms. The first-order valence-corrected chi connectivity index (χ1v) is 11.1. The van der Waals surface area contributed by atoms with E-state index in [1.54, 1.807) is 6.92 Å². The largest absolute Gasteiger partial charge is 0.480 e. The van der Waals surface area contributed by atoms with Gasteiger partial charge in [0.05, 0.1) is 13.2 Å². The maximum absolute atomic E-state index is 13.0. The predicted octanol–water partition coefficient (Wildman–Crippen LogP) is 2.02. The molecule has 2 amide bonds. The molecule has 1 unspecified atom stereocenters. The molecule has 3 rings (SSSR count). The molecule has 0 fully saturated rings. The van der Waals surface area contributed by atoms with E-state index in [1.807, 2.05) is 48.5 Å². The molecule has 0 spiro atoms. The van der Waals surface area contributed by atoms with Crippen LogP contribution in [0.1, 0.15) is 24.0 Å². The summed E-state index contributed by atoms with van der Waals surface area (Å²) in [7, 11) is 1.39. The molecule has 10 heteroatoms. The van der Waals surface area contributed by atoms with Crippen LogP contribution in [0.3, 0.4) is 0 Å². The Bertz CT molecular complexity index is 1040. The fourth-order valence-corrected chi connectivity index (χ4v) is 4.02. The summed E-state index contributed by atoms with van der Waals surface area (Å²) in [5.74, 6) is -3.44. The lowest BCUT2D eigenvalue weighted by molar-refractivity contribution is -0.155. The summed E-state index contributed by atoms with van der Waals surface area (Å²) in [5, 5.41) is 11.4. The number of esters is 1. The monoisotopic (exact) mass is 484 g/mol. The molecule has 186 valence electrons. The van der Waals surface area contributed by atoms with Gasteiger partial charge in [-0.2, -0.15) is 0 Å². The van der Waals surface area contributed by atoms with Gasteiger partial charge in [-0.05, 0) is 29.2 Å². The number of rotatable bonds is 11. The molecule has 2 aromatic rings. The summed E-state index contributed by atoms with van der Waals surface area (Å²) in [6, 6.07) is 13.9. The Morgan fingerprint density at radius 3 is 2.14 bits per heavy atom. The molecule has 0 saturated heterocycles. The third-order valence-corrected chi connectivity index (χ3v) is 5.58. The van der Waals surface area contributed by atoms with Crippen molar-refractivity contribution in [2.45, 2.75) is 18.9 Å². The van der Waals surface area contributed by atoms with E-state index in [-0.39, 0.29) is 32.3 Å². The highest BCUT2D eigenvalue weighted by molar-refractivity contribution is 6.04. The van der Waals surface area contributed by atoms with E-state index in [0.29, 0.717) is 0 Å². The van der Waals surface area contributed by atoms with Gasteiger partial charge in [0.15, 0.2) is 0 Å². The lowest BCUT2D eigenvalue weighted by Crippen LogP contribution is -2.55. The van der Waals surface area contributed by atoms with Crippen LogP contribution in [0.5, 0.6) is 0 Å². The molecule has 0 radical (unpaired) electrons. The Morgan fingerprint density at radius 2 is 1.60 bits per heavy atom. The molecule has 1 atom stereocenters. The van der Waals surface area contributed by atoms with Crippen molar-refractivity contribution < 1.29 is 38.5 Å². The fraction of sp³-hybridized carbons (Fsp3) is 0.360. The minimum atomic E-state index is -1.76. The second-order valence-corrected chi connectivity index (χ2v) is 7.80. The van der Waals surface area contributed by atoms with E-state index in [2.05, 4.69) is 5.32 Å². The standard InChI is InChI=1S/C25H28N2O8/c1-3-34-24(31)22(23(30)27(12-13-33-2)14-21(28)29)26-25(32)35-15-20-18-10-6-4-8-16(18)17-9-5-7-11-19(17)20/h4-11,20,22H,3,12-15H2,1-2H3,(H,26,32)(H,28,29). The topological polar surface area (TPSA) is 131 Å². The van der Waals surface area contributed by atoms with E-state index in [0.717, 1.165) is 27.2 Å². The van der Waals surface area contributed by atoms with E-state index < -0.39 is 36.5 Å². The van der Waals surface area contributed by atoms with Crippen molar-refractivity contribution in [1.29, 1.82) is 0 Å². The van der Waals surface area contributed by atoms with Crippen LogP contribution >= 0.6 is 0 Å².